The minimum Gasteiger partial charge on any atom is -0.351 e. The Morgan fingerprint density at radius 2 is 1.72 bits per heavy atom. The van der Waals surface area contributed by atoms with Gasteiger partial charge in [0.25, 0.3) is 0 Å². The Morgan fingerprint density at radius 3 is 2.28 bits per heavy atom. The monoisotopic (exact) mass is 463 g/mol. The van der Waals surface area contributed by atoms with Gasteiger partial charge in [-0.05, 0) is 50.3 Å². The van der Waals surface area contributed by atoms with Crippen molar-refractivity contribution in [3.05, 3.63) is 29.8 Å². The average molecular weight is 464 g/mol. The molecule has 1 aromatic carbocycles. The molecule has 1 heterocycles. The molecule has 1 aliphatic carbocycles. The van der Waals surface area contributed by atoms with Gasteiger partial charge in [-0.1, -0.05) is 51.7 Å². The highest BCUT2D eigenvalue weighted by Crippen LogP contribution is 2.32. The molecule has 1 saturated heterocycles. The Kier molecular flexibility index (Phi) is 7.98. The molecule has 1 N–H and O–H groups in total. The fraction of sp³-hybridized carbons (Fsp3) is 0.667. The summed E-state index contributed by atoms with van der Waals surface area (Å²) in [5, 5.41) is 3.16. The van der Waals surface area contributed by atoms with Crippen LogP contribution in [0.2, 0.25) is 0 Å². The van der Waals surface area contributed by atoms with Crippen LogP contribution in [0, 0.1) is 0 Å². The largest absolute Gasteiger partial charge is 0.351 e. The first-order valence-electron chi connectivity index (χ1n) is 11.9. The zero-order valence-corrected chi connectivity index (χ0v) is 20.4. The van der Waals surface area contributed by atoms with Gasteiger partial charge in [0.1, 0.15) is 5.54 Å². The van der Waals surface area contributed by atoms with E-state index >= 15 is 0 Å². The first-order valence-corrected chi connectivity index (χ1v) is 13.5. The van der Waals surface area contributed by atoms with E-state index in [0.717, 1.165) is 37.7 Å². The van der Waals surface area contributed by atoms with Crippen molar-refractivity contribution in [2.75, 3.05) is 23.7 Å². The summed E-state index contributed by atoms with van der Waals surface area (Å²) in [7, 11) is -3.62. The Morgan fingerprint density at radius 1 is 1.09 bits per heavy atom. The summed E-state index contributed by atoms with van der Waals surface area (Å²) in [4.78, 5) is 28.5. The van der Waals surface area contributed by atoms with E-state index < -0.39 is 15.6 Å². The predicted molar refractivity (Wildman–Crippen MR) is 127 cm³/mol. The van der Waals surface area contributed by atoms with Gasteiger partial charge in [-0.25, -0.2) is 8.42 Å². The van der Waals surface area contributed by atoms with Gasteiger partial charge in [0.05, 0.1) is 12.3 Å². The topological polar surface area (TPSA) is 86.8 Å². The average Bonchev–Trinajstić information content (AvgIpc) is 3.02. The number of nitrogens with one attached hydrogen (secondary N) is 1. The van der Waals surface area contributed by atoms with Crippen LogP contribution in [0.1, 0.15) is 71.3 Å². The van der Waals surface area contributed by atoms with E-state index in [-0.39, 0.29) is 36.7 Å². The highest BCUT2D eigenvalue weighted by molar-refractivity contribution is 7.89. The highest BCUT2D eigenvalue weighted by Gasteiger charge is 2.51. The second-order valence-corrected chi connectivity index (χ2v) is 11.4. The van der Waals surface area contributed by atoms with Crippen molar-refractivity contribution >= 4 is 27.5 Å². The van der Waals surface area contributed by atoms with Crippen molar-refractivity contribution < 1.29 is 18.0 Å². The summed E-state index contributed by atoms with van der Waals surface area (Å²) < 4.78 is 26.9. The minimum absolute atomic E-state index is 0.0359. The molecular weight excluding hydrogens is 426 g/mol. The molecule has 1 aromatic rings. The second-order valence-electron chi connectivity index (χ2n) is 9.27. The molecule has 1 atom stereocenters. The quantitative estimate of drug-likeness (QED) is 0.629. The predicted octanol–water partition coefficient (Wildman–Crippen LogP) is 3.24. The van der Waals surface area contributed by atoms with Crippen LogP contribution in [-0.4, -0.2) is 55.0 Å². The van der Waals surface area contributed by atoms with Crippen LogP contribution in [0.5, 0.6) is 0 Å². The highest BCUT2D eigenvalue weighted by atomic mass is 32.2. The normalized spacial score (nSPS) is 23.7. The molecule has 1 saturated carbocycles. The summed E-state index contributed by atoms with van der Waals surface area (Å²) in [6, 6.07) is 7.66. The third-order valence-electron chi connectivity index (χ3n) is 6.68. The molecular formula is C24H37N3O4S. The van der Waals surface area contributed by atoms with Gasteiger partial charge in [-0.15, -0.1) is 0 Å². The van der Waals surface area contributed by atoms with Gasteiger partial charge < -0.3 is 5.32 Å². The molecule has 2 aliphatic rings. The van der Waals surface area contributed by atoms with Gasteiger partial charge in [0.15, 0.2) is 0 Å². The standard InChI is InChI=1S/C24H37N3O4S/c1-4-16-32(30,31)26-17-22(28)27(21-14-12-19(5-2)13-15-21)24(3,18-26)23(29)25-20-10-8-6-7-9-11-20/h12-15,20H,4-11,16-18H2,1-3H3,(H,25,29)/t24-/m0/s1. The first kappa shape index (κ1) is 24.7. The van der Waals surface area contributed by atoms with Crippen molar-refractivity contribution in [2.45, 2.75) is 83.7 Å². The van der Waals surface area contributed by atoms with E-state index in [1.54, 1.807) is 13.8 Å². The summed E-state index contributed by atoms with van der Waals surface area (Å²) in [5.41, 5.74) is 0.434. The number of hydrogen-bond acceptors (Lipinski definition) is 4. The van der Waals surface area contributed by atoms with E-state index in [1.165, 1.54) is 22.0 Å². The fourth-order valence-electron chi connectivity index (χ4n) is 4.80. The SMILES string of the molecule is CCCS(=O)(=O)N1CC(=O)N(c2ccc(CC)cc2)[C@](C)(C(=O)NC2CCCCCC2)C1. The molecule has 178 valence electrons. The maximum absolute atomic E-state index is 13.7. The third kappa shape index (κ3) is 5.34. The molecule has 8 heteroatoms. The molecule has 0 bridgehead atoms. The number of piperazine rings is 1. The number of sulfonamides is 1. The maximum atomic E-state index is 13.7. The number of hydrogen-bond donors (Lipinski definition) is 1. The summed E-state index contributed by atoms with van der Waals surface area (Å²) in [5.74, 6) is -0.696. The van der Waals surface area contributed by atoms with E-state index in [9.17, 15) is 18.0 Å². The second kappa shape index (κ2) is 10.3. The smallest absolute Gasteiger partial charge is 0.247 e. The van der Waals surface area contributed by atoms with E-state index in [2.05, 4.69) is 12.2 Å². The molecule has 2 amide bonds. The van der Waals surface area contributed by atoms with Gasteiger partial charge in [-0.2, -0.15) is 4.31 Å². The lowest BCUT2D eigenvalue weighted by molar-refractivity contribution is -0.133. The Balaban J connectivity index is 1.95. The molecule has 0 radical (unpaired) electrons. The summed E-state index contributed by atoms with van der Waals surface area (Å²) in [6.07, 6.45) is 7.64. The van der Waals surface area contributed by atoms with E-state index in [4.69, 9.17) is 0 Å². The van der Waals surface area contributed by atoms with E-state index in [0.29, 0.717) is 12.1 Å². The molecule has 0 aromatic heterocycles. The molecule has 2 fully saturated rings. The number of aryl methyl sites for hydroxylation is 1. The third-order valence-corrected chi connectivity index (χ3v) is 8.65. The molecule has 3 rings (SSSR count). The van der Waals surface area contributed by atoms with Crippen molar-refractivity contribution in [3.63, 3.8) is 0 Å². The minimum atomic E-state index is -3.62. The molecule has 0 spiro atoms. The van der Waals surface area contributed by atoms with Crippen molar-refractivity contribution in [2.24, 2.45) is 0 Å². The molecule has 1 aliphatic heterocycles. The zero-order chi connectivity index (χ0) is 23.4. The lowest BCUT2D eigenvalue weighted by Crippen LogP contribution is -2.71. The van der Waals surface area contributed by atoms with Gasteiger partial charge in [0, 0.05) is 18.3 Å². The van der Waals surface area contributed by atoms with Crippen LogP contribution < -0.4 is 10.2 Å². The summed E-state index contributed by atoms with van der Waals surface area (Å²) in [6.45, 7) is 5.25. The van der Waals surface area contributed by atoms with Crippen molar-refractivity contribution in [1.82, 2.24) is 9.62 Å². The molecule has 7 nitrogen and oxygen atoms in total. The van der Waals surface area contributed by atoms with Gasteiger partial charge in [0.2, 0.25) is 21.8 Å². The number of amides is 2. The van der Waals surface area contributed by atoms with Crippen LogP contribution in [0.15, 0.2) is 24.3 Å². The molecule has 32 heavy (non-hydrogen) atoms. The Hall–Kier alpha value is -1.93. The first-order chi connectivity index (χ1) is 15.2. The van der Waals surface area contributed by atoms with Crippen LogP contribution in [0.3, 0.4) is 0 Å². The van der Waals surface area contributed by atoms with Crippen molar-refractivity contribution in [3.8, 4) is 0 Å². The van der Waals surface area contributed by atoms with Crippen LogP contribution in [0.4, 0.5) is 5.69 Å². The van der Waals surface area contributed by atoms with Crippen molar-refractivity contribution in [1.29, 1.82) is 0 Å². The Bertz CT molecular complexity index is 908. The van der Waals surface area contributed by atoms with Gasteiger partial charge in [-0.3, -0.25) is 14.5 Å². The Labute approximate surface area is 192 Å². The number of carbonyl (C=O) groups excluding carboxylic acids is 2. The molecule has 0 unspecified atom stereocenters. The zero-order valence-electron chi connectivity index (χ0n) is 19.6. The number of carbonyl (C=O) groups is 2. The van der Waals surface area contributed by atoms with Gasteiger partial charge >= 0.3 is 0 Å². The number of nitrogens with zero attached hydrogens (tertiary/aromatic N) is 2. The lowest BCUT2D eigenvalue weighted by atomic mass is 9.93. The fourth-order valence-corrected chi connectivity index (χ4v) is 6.33. The number of benzene rings is 1. The van der Waals surface area contributed by atoms with E-state index in [1.807, 2.05) is 24.3 Å². The van der Waals surface area contributed by atoms with Crippen LogP contribution >= 0.6 is 0 Å². The number of rotatable bonds is 7. The number of anilines is 1. The van der Waals surface area contributed by atoms with Crippen LogP contribution in [-0.2, 0) is 26.0 Å². The maximum Gasteiger partial charge on any atom is 0.247 e. The summed E-state index contributed by atoms with van der Waals surface area (Å²) >= 11 is 0. The van der Waals surface area contributed by atoms with Crippen LogP contribution in [0.25, 0.3) is 0 Å². The lowest BCUT2D eigenvalue weighted by Gasteiger charge is -2.47.